The molecule has 27 heavy (non-hydrogen) atoms. The third kappa shape index (κ3) is 4.39. The lowest BCUT2D eigenvalue weighted by atomic mass is 9.65. The minimum absolute atomic E-state index is 0.0225. The molecule has 2 aromatic carbocycles. The van der Waals surface area contributed by atoms with Crippen molar-refractivity contribution in [2.45, 2.75) is 38.5 Å². The SMILES string of the molecule is O=C(NCC1(CC2CC2)CCC1)c1ccc(C#Cc2ccccc2F)cc1. The van der Waals surface area contributed by atoms with Crippen LogP contribution < -0.4 is 5.32 Å². The lowest BCUT2D eigenvalue weighted by molar-refractivity contribution is 0.0814. The third-order valence-corrected chi connectivity index (χ3v) is 5.82. The van der Waals surface area contributed by atoms with Crippen LogP contribution >= 0.6 is 0 Å². The second-order valence-corrected chi connectivity index (χ2v) is 7.99. The highest BCUT2D eigenvalue weighted by atomic mass is 19.1. The normalized spacial score (nSPS) is 17.4. The number of nitrogens with one attached hydrogen (secondary N) is 1. The van der Waals surface area contributed by atoms with Gasteiger partial charge in [-0.15, -0.1) is 0 Å². The van der Waals surface area contributed by atoms with E-state index in [0.29, 0.717) is 16.5 Å². The van der Waals surface area contributed by atoms with E-state index in [0.717, 1.165) is 18.0 Å². The molecule has 0 radical (unpaired) electrons. The molecule has 0 atom stereocenters. The monoisotopic (exact) mass is 361 g/mol. The highest BCUT2D eigenvalue weighted by Gasteiger charge is 2.41. The third-order valence-electron chi connectivity index (χ3n) is 5.82. The van der Waals surface area contributed by atoms with Crippen LogP contribution in [0.5, 0.6) is 0 Å². The highest BCUT2D eigenvalue weighted by molar-refractivity contribution is 5.94. The van der Waals surface area contributed by atoms with E-state index < -0.39 is 0 Å². The van der Waals surface area contributed by atoms with Gasteiger partial charge in [-0.1, -0.05) is 43.2 Å². The Morgan fingerprint density at radius 3 is 2.44 bits per heavy atom. The van der Waals surface area contributed by atoms with Gasteiger partial charge in [0.2, 0.25) is 0 Å². The van der Waals surface area contributed by atoms with Gasteiger partial charge in [0.25, 0.3) is 5.91 Å². The molecule has 3 heteroatoms. The van der Waals surface area contributed by atoms with Crippen molar-refractivity contribution in [3.8, 4) is 11.8 Å². The Hall–Kier alpha value is -2.60. The number of rotatable bonds is 5. The minimum atomic E-state index is -0.322. The summed E-state index contributed by atoms with van der Waals surface area (Å²) in [5.41, 5.74) is 2.13. The number of hydrogen-bond donors (Lipinski definition) is 1. The summed E-state index contributed by atoms with van der Waals surface area (Å²) >= 11 is 0. The van der Waals surface area contributed by atoms with Crippen molar-refractivity contribution < 1.29 is 9.18 Å². The Morgan fingerprint density at radius 2 is 1.81 bits per heavy atom. The molecule has 2 aliphatic rings. The first-order valence-electron chi connectivity index (χ1n) is 9.78. The van der Waals surface area contributed by atoms with Crippen LogP contribution in [-0.2, 0) is 0 Å². The zero-order valence-corrected chi connectivity index (χ0v) is 15.4. The largest absolute Gasteiger partial charge is 0.351 e. The van der Waals surface area contributed by atoms with Crippen molar-refractivity contribution in [1.29, 1.82) is 0 Å². The van der Waals surface area contributed by atoms with E-state index in [1.54, 1.807) is 30.3 Å². The van der Waals surface area contributed by atoms with Gasteiger partial charge >= 0.3 is 0 Å². The van der Waals surface area contributed by atoms with Gasteiger partial charge in [-0.2, -0.15) is 0 Å². The van der Waals surface area contributed by atoms with Crippen LogP contribution in [0.4, 0.5) is 4.39 Å². The van der Waals surface area contributed by atoms with Gasteiger partial charge in [0.05, 0.1) is 5.56 Å². The van der Waals surface area contributed by atoms with Crippen LogP contribution in [0.2, 0.25) is 0 Å². The standard InChI is InChI=1S/C24H24FNO/c25-22-5-2-1-4-20(22)11-8-18-9-12-21(13-10-18)23(27)26-17-24(14-3-15-24)16-19-6-7-19/h1-2,4-5,9-10,12-13,19H,3,6-7,14-17H2,(H,26,27). The first-order valence-corrected chi connectivity index (χ1v) is 9.78. The molecule has 0 aliphatic heterocycles. The maximum Gasteiger partial charge on any atom is 0.251 e. The summed E-state index contributed by atoms with van der Waals surface area (Å²) in [4.78, 5) is 12.5. The van der Waals surface area contributed by atoms with E-state index in [1.165, 1.54) is 44.6 Å². The van der Waals surface area contributed by atoms with Crippen molar-refractivity contribution in [3.63, 3.8) is 0 Å². The maximum atomic E-state index is 13.6. The number of benzene rings is 2. The summed E-state index contributed by atoms with van der Waals surface area (Å²) in [6.07, 6.45) is 7.79. The summed E-state index contributed by atoms with van der Waals surface area (Å²) in [6.45, 7) is 0.789. The van der Waals surface area contributed by atoms with Gasteiger partial charge < -0.3 is 5.32 Å². The molecule has 2 saturated carbocycles. The molecule has 0 spiro atoms. The number of amides is 1. The molecule has 0 heterocycles. The van der Waals surface area contributed by atoms with Crippen molar-refractivity contribution in [3.05, 3.63) is 71.0 Å². The number of halogens is 1. The molecular formula is C24H24FNO. The quantitative estimate of drug-likeness (QED) is 0.752. The van der Waals surface area contributed by atoms with Crippen molar-refractivity contribution in [2.24, 2.45) is 11.3 Å². The fraction of sp³-hybridized carbons (Fsp3) is 0.375. The highest BCUT2D eigenvalue weighted by Crippen LogP contribution is 2.50. The fourth-order valence-corrected chi connectivity index (χ4v) is 3.84. The molecule has 4 rings (SSSR count). The van der Waals surface area contributed by atoms with E-state index >= 15 is 0 Å². The van der Waals surface area contributed by atoms with Crippen LogP contribution in [0.1, 0.15) is 60.0 Å². The average molecular weight is 361 g/mol. The lowest BCUT2D eigenvalue weighted by Crippen LogP contribution is -2.42. The zero-order chi connectivity index (χ0) is 18.7. The van der Waals surface area contributed by atoms with Crippen LogP contribution in [0, 0.1) is 29.0 Å². The van der Waals surface area contributed by atoms with Crippen LogP contribution in [0.25, 0.3) is 0 Å². The minimum Gasteiger partial charge on any atom is -0.351 e. The summed E-state index contributed by atoms with van der Waals surface area (Å²) in [5, 5.41) is 3.14. The van der Waals surface area contributed by atoms with Gasteiger partial charge in [0.15, 0.2) is 0 Å². The van der Waals surface area contributed by atoms with Gasteiger partial charge in [0, 0.05) is 17.7 Å². The lowest BCUT2D eigenvalue weighted by Gasteiger charge is -2.42. The fourth-order valence-electron chi connectivity index (χ4n) is 3.84. The first kappa shape index (κ1) is 17.8. The van der Waals surface area contributed by atoms with Crippen molar-refractivity contribution in [1.82, 2.24) is 5.32 Å². The summed E-state index contributed by atoms with van der Waals surface area (Å²) < 4.78 is 13.6. The molecule has 0 unspecified atom stereocenters. The molecule has 138 valence electrons. The smallest absolute Gasteiger partial charge is 0.251 e. The second kappa shape index (κ2) is 7.56. The Morgan fingerprint density at radius 1 is 1.07 bits per heavy atom. The molecular weight excluding hydrogens is 337 g/mol. The second-order valence-electron chi connectivity index (χ2n) is 7.99. The van der Waals surface area contributed by atoms with Gasteiger partial charge in [-0.25, -0.2) is 4.39 Å². The van der Waals surface area contributed by atoms with Crippen molar-refractivity contribution in [2.75, 3.05) is 6.54 Å². The topological polar surface area (TPSA) is 29.1 Å². The Kier molecular flexibility index (Phi) is 4.99. The Balaban J connectivity index is 1.36. The summed E-state index contributed by atoms with van der Waals surface area (Å²) in [5.74, 6) is 6.34. The van der Waals surface area contributed by atoms with Crippen LogP contribution in [-0.4, -0.2) is 12.5 Å². The predicted octanol–water partition coefficient (Wildman–Crippen LogP) is 4.93. The van der Waals surface area contributed by atoms with Gasteiger partial charge in [0.1, 0.15) is 5.82 Å². The van der Waals surface area contributed by atoms with Crippen LogP contribution in [0.15, 0.2) is 48.5 Å². The molecule has 2 aliphatic carbocycles. The molecule has 1 N–H and O–H groups in total. The van der Waals surface area contributed by atoms with Gasteiger partial charge in [-0.05, 0) is 67.0 Å². The van der Waals surface area contributed by atoms with E-state index in [1.807, 2.05) is 12.1 Å². The van der Waals surface area contributed by atoms with E-state index in [4.69, 9.17) is 0 Å². The molecule has 2 nitrogen and oxygen atoms in total. The predicted molar refractivity (Wildman–Crippen MR) is 105 cm³/mol. The molecule has 0 bridgehead atoms. The Labute approximate surface area is 160 Å². The van der Waals surface area contributed by atoms with Crippen molar-refractivity contribution >= 4 is 5.91 Å². The molecule has 2 fully saturated rings. The average Bonchev–Trinajstić information content (AvgIpc) is 3.47. The van der Waals surface area contributed by atoms with Gasteiger partial charge in [-0.3, -0.25) is 4.79 Å². The van der Waals surface area contributed by atoms with Crippen LogP contribution in [0.3, 0.4) is 0 Å². The number of carbonyl (C=O) groups excluding carboxylic acids is 1. The van der Waals surface area contributed by atoms with E-state index in [9.17, 15) is 9.18 Å². The first-order chi connectivity index (χ1) is 13.1. The molecule has 0 aromatic heterocycles. The number of carbonyl (C=O) groups is 1. The number of hydrogen-bond acceptors (Lipinski definition) is 1. The summed E-state index contributed by atoms with van der Waals surface area (Å²) in [6, 6.07) is 13.7. The maximum absolute atomic E-state index is 13.6. The molecule has 0 saturated heterocycles. The van der Waals surface area contributed by atoms with E-state index in [-0.39, 0.29) is 11.7 Å². The van der Waals surface area contributed by atoms with E-state index in [2.05, 4.69) is 17.2 Å². The molecule has 1 amide bonds. The summed E-state index contributed by atoms with van der Waals surface area (Å²) in [7, 11) is 0. The molecule has 2 aromatic rings. The Bertz CT molecular complexity index is 883. The zero-order valence-electron chi connectivity index (χ0n) is 15.4.